The third-order valence-electron chi connectivity index (χ3n) is 6.03. The van der Waals surface area contributed by atoms with Crippen LogP contribution in [0.1, 0.15) is 44.9 Å². The van der Waals surface area contributed by atoms with Crippen LogP contribution in [0.3, 0.4) is 0 Å². The number of benzene rings is 2. The molecule has 1 fully saturated rings. The Morgan fingerprint density at radius 3 is 2.61 bits per heavy atom. The quantitative estimate of drug-likeness (QED) is 0.797. The van der Waals surface area contributed by atoms with E-state index in [1.54, 1.807) is 11.0 Å². The van der Waals surface area contributed by atoms with Crippen LogP contribution in [0.5, 0.6) is 17.2 Å². The van der Waals surface area contributed by atoms with Gasteiger partial charge in [-0.05, 0) is 37.1 Å². The summed E-state index contributed by atoms with van der Waals surface area (Å²) in [4.78, 5) is 26.8. The highest BCUT2D eigenvalue weighted by atomic mass is 16.7. The molecular formula is C24H26N2O5. The average molecular weight is 422 g/mol. The van der Waals surface area contributed by atoms with Crippen molar-refractivity contribution >= 4 is 23.2 Å². The topological polar surface area (TPSA) is 77.1 Å². The summed E-state index contributed by atoms with van der Waals surface area (Å²) in [6.07, 6.45) is 5.41. The number of amides is 2. The van der Waals surface area contributed by atoms with Crippen molar-refractivity contribution in [1.82, 2.24) is 0 Å². The van der Waals surface area contributed by atoms with Crippen LogP contribution in [0.2, 0.25) is 0 Å². The number of anilines is 2. The Bertz CT molecular complexity index is 999. The number of carbonyl (C=O) groups excluding carboxylic acids is 2. The van der Waals surface area contributed by atoms with E-state index < -0.39 is 5.79 Å². The van der Waals surface area contributed by atoms with Gasteiger partial charge in [0.15, 0.2) is 11.5 Å². The van der Waals surface area contributed by atoms with E-state index >= 15 is 0 Å². The monoisotopic (exact) mass is 422 g/mol. The number of ether oxygens (including phenoxy) is 3. The minimum absolute atomic E-state index is 0.0872. The lowest BCUT2D eigenvalue weighted by molar-refractivity contribution is -0.122. The predicted molar refractivity (Wildman–Crippen MR) is 116 cm³/mol. The van der Waals surface area contributed by atoms with Gasteiger partial charge in [-0.3, -0.25) is 9.59 Å². The normalized spacial score (nSPS) is 18.3. The Balaban J connectivity index is 1.17. The molecule has 7 nitrogen and oxygen atoms in total. The third-order valence-corrected chi connectivity index (χ3v) is 6.03. The SMILES string of the molecule is O=C(CCC(=O)N1CCOc2ccccc21)Nc1ccc2c(c1)OC1(CCCCC1)O2. The largest absolute Gasteiger partial charge is 0.490 e. The molecule has 0 unspecified atom stereocenters. The molecule has 31 heavy (non-hydrogen) atoms. The summed E-state index contributed by atoms with van der Waals surface area (Å²) in [7, 11) is 0. The van der Waals surface area contributed by atoms with Crippen LogP contribution in [-0.4, -0.2) is 30.8 Å². The zero-order valence-electron chi connectivity index (χ0n) is 17.4. The van der Waals surface area contributed by atoms with Gasteiger partial charge in [-0.2, -0.15) is 0 Å². The van der Waals surface area contributed by atoms with Gasteiger partial charge in [0.2, 0.25) is 11.8 Å². The Morgan fingerprint density at radius 1 is 0.935 bits per heavy atom. The van der Waals surface area contributed by atoms with E-state index in [0.717, 1.165) is 37.1 Å². The van der Waals surface area contributed by atoms with E-state index in [-0.39, 0.29) is 24.7 Å². The van der Waals surface area contributed by atoms with Crippen molar-refractivity contribution in [3.8, 4) is 17.2 Å². The highest BCUT2D eigenvalue weighted by Crippen LogP contribution is 2.46. The summed E-state index contributed by atoms with van der Waals surface area (Å²) in [5.41, 5.74) is 1.40. The molecule has 1 spiro atoms. The van der Waals surface area contributed by atoms with Crippen molar-refractivity contribution < 1.29 is 23.8 Å². The minimum Gasteiger partial charge on any atom is -0.490 e. The number of nitrogens with one attached hydrogen (secondary N) is 1. The number of carbonyl (C=O) groups is 2. The first-order valence-corrected chi connectivity index (χ1v) is 11.0. The van der Waals surface area contributed by atoms with E-state index in [9.17, 15) is 9.59 Å². The molecule has 2 heterocycles. The highest BCUT2D eigenvalue weighted by molar-refractivity contribution is 5.99. The number of nitrogens with zero attached hydrogens (tertiary/aromatic N) is 1. The van der Waals surface area contributed by atoms with Gasteiger partial charge >= 0.3 is 0 Å². The van der Waals surface area contributed by atoms with E-state index in [1.165, 1.54) is 6.42 Å². The van der Waals surface area contributed by atoms with Gasteiger partial charge in [0.05, 0.1) is 12.2 Å². The first-order chi connectivity index (χ1) is 15.1. The van der Waals surface area contributed by atoms with Crippen LogP contribution in [0.15, 0.2) is 42.5 Å². The molecular weight excluding hydrogens is 396 g/mol. The number of rotatable bonds is 4. The van der Waals surface area contributed by atoms with Crippen molar-refractivity contribution in [2.75, 3.05) is 23.4 Å². The lowest BCUT2D eigenvalue weighted by Gasteiger charge is -2.31. The lowest BCUT2D eigenvalue weighted by Crippen LogP contribution is -2.40. The maximum absolute atomic E-state index is 12.7. The first kappa shape index (κ1) is 19.7. The molecule has 0 saturated heterocycles. The zero-order chi connectivity index (χ0) is 21.3. The van der Waals surface area contributed by atoms with E-state index in [2.05, 4.69) is 5.32 Å². The van der Waals surface area contributed by atoms with Crippen molar-refractivity contribution in [2.45, 2.75) is 50.7 Å². The maximum atomic E-state index is 12.7. The van der Waals surface area contributed by atoms with Crippen LogP contribution >= 0.6 is 0 Å². The van der Waals surface area contributed by atoms with Gasteiger partial charge in [0.25, 0.3) is 5.79 Å². The molecule has 0 aromatic heterocycles. The van der Waals surface area contributed by atoms with E-state index in [1.807, 2.05) is 36.4 Å². The second-order valence-electron chi connectivity index (χ2n) is 8.25. The Labute approximate surface area is 181 Å². The van der Waals surface area contributed by atoms with Crippen LogP contribution in [0, 0.1) is 0 Å². The predicted octanol–water partition coefficient (Wildman–Crippen LogP) is 4.26. The van der Waals surface area contributed by atoms with Crippen LogP contribution < -0.4 is 24.4 Å². The minimum atomic E-state index is -0.538. The molecule has 1 aliphatic carbocycles. The highest BCUT2D eigenvalue weighted by Gasteiger charge is 2.42. The summed E-state index contributed by atoms with van der Waals surface area (Å²) in [5.74, 6) is 1.26. The molecule has 0 bridgehead atoms. The molecule has 3 aliphatic rings. The molecule has 0 atom stereocenters. The molecule has 0 radical (unpaired) electrons. The molecule has 1 N–H and O–H groups in total. The van der Waals surface area contributed by atoms with Gasteiger partial charge in [0, 0.05) is 37.4 Å². The smallest absolute Gasteiger partial charge is 0.251 e. The fourth-order valence-corrected chi connectivity index (χ4v) is 4.47. The number of hydrogen-bond acceptors (Lipinski definition) is 5. The van der Waals surface area contributed by atoms with Gasteiger partial charge in [-0.15, -0.1) is 0 Å². The molecule has 1 saturated carbocycles. The third kappa shape index (κ3) is 4.04. The average Bonchev–Trinajstić information content (AvgIpc) is 3.14. The summed E-state index contributed by atoms with van der Waals surface area (Å²) in [5, 5.41) is 2.87. The molecule has 2 aromatic rings. The number of hydrogen-bond donors (Lipinski definition) is 1. The molecule has 2 amide bonds. The van der Waals surface area contributed by atoms with E-state index in [0.29, 0.717) is 30.3 Å². The first-order valence-electron chi connectivity index (χ1n) is 11.0. The molecule has 2 aliphatic heterocycles. The molecule has 5 rings (SSSR count). The Morgan fingerprint density at radius 2 is 1.74 bits per heavy atom. The van der Waals surface area contributed by atoms with Crippen LogP contribution in [0.25, 0.3) is 0 Å². The summed E-state index contributed by atoms with van der Waals surface area (Å²) in [6.45, 7) is 0.939. The Hall–Kier alpha value is -3.22. The van der Waals surface area contributed by atoms with Crippen molar-refractivity contribution in [3.05, 3.63) is 42.5 Å². The summed E-state index contributed by atoms with van der Waals surface area (Å²) in [6, 6.07) is 12.9. The summed E-state index contributed by atoms with van der Waals surface area (Å²) < 4.78 is 17.8. The number of fused-ring (bicyclic) bond motifs is 2. The standard InChI is InChI=1S/C24H26N2O5/c27-22(10-11-23(28)26-14-15-29-19-7-3-2-6-18(19)26)25-17-8-9-20-21(16-17)31-24(30-20)12-4-1-5-13-24/h2-3,6-9,16H,1,4-5,10-15H2,(H,25,27). The second kappa shape index (κ2) is 8.13. The number of para-hydroxylation sites is 2. The zero-order valence-corrected chi connectivity index (χ0v) is 17.4. The van der Waals surface area contributed by atoms with Gasteiger partial charge in [-0.1, -0.05) is 18.6 Å². The van der Waals surface area contributed by atoms with Crippen molar-refractivity contribution in [1.29, 1.82) is 0 Å². The molecule has 7 heteroatoms. The summed E-state index contributed by atoms with van der Waals surface area (Å²) >= 11 is 0. The van der Waals surface area contributed by atoms with Gasteiger partial charge < -0.3 is 24.4 Å². The lowest BCUT2D eigenvalue weighted by atomic mass is 9.94. The second-order valence-corrected chi connectivity index (χ2v) is 8.25. The molecule has 162 valence electrons. The van der Waals surface area contributed by atoms with Crippen molar-refractivity contribution in [2.24, 2.45) is 0 Å². The fraction of sp³-hybridized carbons (Fsp3) is 0.417. The van der Waals surface area contributed by atoms with Crippen LogP contribution in [-0.2, 0) is 9.59 Å². The molecule has 2 aromatic carbocycles. The van der Waals surface area contributed by atoms with Gasteiger partial charge in [0.1, 0.15) is 12.4 Å². The fourth-order valence-electron chi connectivity index (χ4n) is 4.47. The van der Waals surface area contributed by atoms with Crippen LogP contribution in [0.4, 0.5) is 11.4 Å². The Kier molecular flexibility index (Phi) is 5.18. The van der Waals surface area contributed by atoms with E-state index in [4.69, 9.17) is 14.2 Å². The van der Waals surface area contributed by atoms with Crippen molar-refractivity contribution in [3.63, 3.8) is 0 Å². The van der Waals surface area contributed by atoms with Gasteiger partial charge in [-0.25, -0.2) is 0 Å². The maximum Gasteiger partial charge on any atom is 0.251 e.